The molecular formula is C15H13BrFNO3. The molecule has 1 aliphatic carbocycles. The lowest BCUT2D eigenvalue weighted by atomic mass is 10.1. The van der Waals surface area contributed by atoms with Gasteiger partial charge in [0.15, 0.2) is 0 Å². The number of carbonyl (C=O) groups excluding carboxylic acids is 1. The maximum Gasteiger partial charge on any atom is 0.343 e. The fourth-order valence-corrected chi connectivity index (χ4v) is 2.82. The predicted molar refractivity (Wildman–Crippen MR) is 80.1 cm³/mol. The molecule has 0 saturated heterocycles. The van der Waals surface area contributed by atoms with Gasteiger partial charge in [-0.25, -0.2) is 9.18 Å². The molecule has 0 bridgehead atoms. The summed E-state index contributed by atoms with van der Waals surface area (Å²) in [6, 6.07) is 3.14. The summed E-state index contributed by atoms with van der Waals surface area (Å²) in [5, 5.41) is -0.0596. The molecule has 1 heterocycles. The number of halogens is 2. The normalized spacial score (nSPS) is 14.4. The molecule has 1 aliphatic rings. The molecule has 2 aromatic rings. The summed E-state index contributed by atoms with van der Waals surface area (Å²) >= 11 is 3.24. The quantitative estimate of drug-likeness (QED) is 0.794. The highest BCUT2D eigenvalue weighted by Gasteiger charge is 2.28. The predicted octanol–water partition coefficient (Wildman–Crippen LogP) is 3.41. The molecule has 0 radical (unpaired) electrons. The third-order valence-corrected chi connectivity index (χ3v) is 3.95. The summed E-state index contributed by atoms with van der Waals surface area (Å²) in [5.41, 5.74) is -0.231. The molecule has 6 heteroatoms. The molecule has 1 fully saturated rings. The first-order valence-corrected chi connectivity index (χ1v) is 7.53. The van der Waals surface area contributed by atoms with Crippen LogP contribution in [0.5, 0.6) is 0 Å². The van der Waals surface area contributed by atoms with Crippen molar-refractivity contribution in [2.24, 2.45) is 0 Å². The van der Waals surface area contributed by atoms with Crippen LogP contribution in [-0.2, 0) is 4.74 Å². The second-order valence-electron chi connectivity index (χ2n) is 5.01. The van der Waals surface area contributed by atoms with Gasteiger partial charge in [0.25, 0.3) is 0 Å². The van der Waals surface area contributed by atoms with Crippen molar-refractivity contribution in [3.63, 3.8) is 0 Å². The van der Waals surface area contributed by atoms with Crippen molar-refractivity contribution in [2.45, 2.75) is 25.8 Å². The topological polar surface area (TPSA) is 48.3 Å². The van der Waals surface area contributed by atoms with Gasteiger partial charge in [-0.2, -0.15) is 0 Å². The smallest absolute Gasteiger partial charge is 0.343 e. The lowest BCUT2D eigenvalue weighted by Gasteiger charge is -2.13. The highest BCUT2D eigenvalue weighted by molar-refractivity contribution is 9.10. The van der Waals surface area contributed by atoms with E-state index in [1.807, 2.05) is 0 Å². The minimum absolute atomic E-state index is 0.0596. The SMILES string of the molecule is CCOC(=O)c1cn(C2CC2)c2cc(Br)cc(F)c2c1=O. The monoisotopic (exact) mass is 353 g/mol. The Balaban J connectivity index is 2.35. The number of nitrogens with zero attached hydrogens (tertiary/aromatic N) is 1. The fraction of sp³-hybridized carbons (Fsp3) is 0.333. The lowest BCUT2D eigenvalue weighted by Crippen LogP contribution is -2.21. The van der Waals surface area contributed by atoms with Gasteiger partial charge in [0, 0.05) is 16.7 Å². The maximum absolute atomic E-state index is 14.2. The molecule has 0 aliphatic heterocycles. The van der Waals surface area contributed by atoms with E-state index in [0.717, 1.165) is 12.8 Å². The largest absolute Gasteiger partial charge is 0.462 e. The molecule has 1 aromatic carbocycles. The Kier molecular flexibility index (Phi) is 3.57. The van der Waals surface area contributed by atoms with Crippen molar-refractivity contribution in [3.8, 4) is 0 Å². The highest BCUT2D eigenvalue weighted by atomic mass is 79.9. The number of hydrogen-bond acceptors (Lipinski definition) is 3. The van der Waals surface area contributed by atoms with Crippen molar-refractivity contribution < 1.29 is 13.9 Å². The minimum Gasteiger partial charge on any atom is -0.462 e. The van der Waals surface area contributed by atoms with Gasteiger partial charge < -0.3 is 9.30 Å². The molecule has 1 aromatic heterocycles. The van der Waals surface area contributed by atoms with Gasteiger partial charge in [0.1, 0.15) is 11.4 Å². The first kappa shape index (κ1) is 14.3. The zero-order chi connectivity index (χ0) is 15.1. The first-order valence-electron chi connectivity index (χ1n) is 6.74. The number of hydrogen-bond donors (Lipinski definition) is 0. The van der Waals surface area contributed by atoms with Gasteiger partial charge in [0.2, 0.25) is 5.43 Å². The first-order chi connectivity index (χ1) is 10.0. The van der Waals surface area contributed by atoms with Gasteiger partial charge in [-0.05, 0) is 31.9 Å². The summed E-state index contributed by atoms with van der Waals surface area (Å²) in [7, 11) is 0. The van der Waals surface area contributed by atoms with Crippen molar-refractivity contribution in [1.29, 1.82) is 0 Å². The Morgan fingerprint density at radius 3 is 2.81 bits per heavy atom. The van der Waals surface area contributed by atoms with E-state index in [2.05, 4.69) is 15.9 Å². The Labute approximate surface area is 128 Å². The standard InChI is InChI=1S/C15H13BrFNO3/c1-2-21-15(20)10-7-18(9-3-4-9)12-6-8(16)5-11(17)13(12)14(10)19/h5-7,9H,2-4H2,1H3. The van der Waals surface area contributed by atoms with Crippen LogP contribution in [0.2, 0.25) is 0 Å². The summed E-state index contributed by atoms with van der Waals surface area (Å²) in [4.78, 5) is 24.3. The van der Waals surface area contributed by atoms with Crippen LogP contribution < -0.4 is 5.43 Å². The number of benzene rings is 1. The zero-order valence-electron chi connectivity index (χ0n) is 11.4. The van der Waals surface area contributed by atoms with Crippen molar-refractivity contribution >= 4 is 32.8 Å². The van der Waals surface area contributed by atoms with Crippen molar-refractivity contribution in [1.82, 2.24) is 4.57 Å². The number of rotatable bonds is 3. The van der Waals surface area contributed by atoms with Crippen molar-refractivity contribution in [2.75, 3.05) is 6.61 Å². The van der Waals surface area contributed by atoms with Gasteiger partial charge >= 0.3 is 5.97 Å². The third-order valence-electron chi connectivity index (χ3n) is 3.49. The Morgan fingerprint density at radius 1 is 1.48 bits per heavy atom. The molecule has 0 amide bonds. The number of fused-ring (bicyclic) bond motifs is 1. The second kappa shape index (κ2) is 5.26. The van der Waals surface area contributed by atoms with Gasteiger partial charge in [-0.15, -0.1) is 0 Å². The molecule has 3 rings (SSSR count). The number of pyridine rings is 1. The van der Waals surface area contributed by atoms with Crippen LogP contribution in [0.15, 0.2) is 27.6 Å². The number of carbonyl (C=O) groups is 1. The lowest BCUT2D eigenvalue weighted by molar-refractivity contribution is 0.0524. The third kappa shape index (κ3) is 2.48. The molecular weight excluding hydrogens is 341 g/mol. The van der Waals surface area contributed by atoms with Gasteiger partial charge in [-0.3, -0.25) is 4.79 Å². The number of ether oxygens (including phenoxy) is 1. The van der Waals surface area contributed by atoms with Gasteiger partial charge in [0.05, 0.1) is 17.5 Å². The maximum atomic E-state index is 14.2. The zero-order valence-corrected chi connectivity index (χ0v) is 12.9. The van der Waals surface area contributed by atoms with E-state index in [1.165, 1.54) is 12.3 Å². The van der Waals surface area contributed by atoms with Gasteiger partial charge in [-0.1, -0.05) is 15.9 Å². The Morgan fingerprint density at radius 2 is 2.19 bits per heavy atom. The van der Waals surface area contributed by atoms with E-state index in [-0.39, 0.29) is 23.6 Å². The molecule has 0 atom stereocenters. The van der Waals surface area contributed by atoms with E-state index < -0.39 is 17.2 Å². The highest BCUT2D eigenvalue weighted by Crippen LogP contribution is 2.37. The van der Waals surface area contributed by atoms with E-state index in [1.54, 1.807) is 17.6 Å². The molecule has 21 heavy (non-hydrogen) atoms. The molecule has 0 spiro atoms. The van der Waals surface area contributed by atoms with E-state index in [4.69, 9.17) is 4.74 Å². The molecule has 1 saturated carbocycles. The van der Waals surface area contributed by atoms with Crippen LogP contribution in [0.3, 0.4) is 0 Å². The van der Waals surface area contributed by atoms with Crippen LogP contribution in [0.1, 0.15) is 36.2 Å². The summed E-state index contributed by atoms with van der Waals surface area (Å²) < 4.78 is 21.5. The van der Waals surface area contributed by atoms with Crippen LogP contribution in [0, 0.1) is 5.82 Å². The van der Waals surface area contributed by atoms with Crippen LogP contribution in [0.4, 0.5) is 4.39 Å². The Hall–Kier alpha value is -1.69. The molecule has 4 nitrogen and oxygen atoms in total. The number of aromatic nitrogens is 1. The number of esters is 1. The van der Waals surface area contributed by atoms with Crippen molar-refractivity contribution in [3.05, 3.63) is 44.4 Å². The van der Waals surface area contributed by atoms with E-state index in [9.17, 15) is 14.0 Å². The summed E-state index contributed by atoms with van der Waals surface area (Å²) in [5.74, 6) is -1.34. The second-order valence-corrected chi connectivity index (χ2v) is 5.93. The van der Waals surface area contributed by atoms with E-state index in [0.29, 0.717) is 9.99 Å². The summed E-state index contributed by atoms with van der Waals surface area (Å²) in [6.45, 7) is 1.83. The average Bonchev–Trinajstić information content (AvgIpc) is 3.22. The molecule has 110 valence electrons. The minimum atomic E-state index is -0.707. The van der Waals surface area contributed by atoms with Crippen LogP contribution in [0.25, 0.3) is 10.9 Å². The molecule has 0 unspecified atom stereocenters. The fourth-order valence-electron chi connectivity index (χ4n) is 2.40. The summed E-state index contributed by atoms with van der Waals surface area (Å²) in [6.07, 6.45) is 3.40. The van der Waals surface area contributed by atoms with Crippen LogP contribution >= 0.6 is 15.9 Å². The molecule has 0 N–H and O–H groups in total. The average molecular weight is 354 g/mol. The Bertz CT molecular complexity index is 796. The van der Waals surface area contributed by atoms with Crippen LogP contribution in [-0.4, -0.2) is 17.1 Å². The van der Waals surface area contributed by atoms with E-state index >= 15 is 0 Å².